The number of ether oxygens (including phenoxy) is 1. The fraction of sp³-hybridized carbons (Fsp3) is 0.500. The van der Waals surface area contributed by atoms with Gasteiger partial charge >= 0.3 is 6.18 Å². The number of aryl methyl sites for hydroxylation is 2. The molecule has 2 rings (SSSR count). The van der Waals surface area contributed by atoms with Crippen LogP contribution in [0.5, 0.6) is 5.75 Å². The van der Waals surface area contributed by atoms with E-state index in [0.29, 0.717) is 24.7 Å². The molecule has 144 valence electrons. The number of carbonyl (C=O) groups is 1. The number of hydrogen-bond acceptors (Lipinski definition) is 4. The Bertz CT molecular complexity index is 703. The highest BCUT2D eigenvalue weighted by Gasteiger charge is 2.61. The van der Waals surface area contributed by atoms with Crippen LogP contribution in [0.3, 0.4) is 0 Å². The van der Waals surface area contributed by atoms with Crippen molar-refractivity contribution in [1.29, 1.82) is 0 Å². The maximum atomic E-state index is 13.3. The summed E-state index contributed by atoms with van der Waals surface area (Å²) in [4.78, 5) is 12.3. The summed E-state index contributed by atoms with van der Waals surface area (Å²) < 4.78 is 45.3. The number of alkyl halides is 3. The van der Waals surface area contributed by atoms with E-state index in [9.17, 15) is 23.1 Å². The molecule has 8 heteroatoms. The number of rotatable bonds is 6. The molecule has 1 aromatic carbocycles. The average molecular weight is 372 g/mol. The number of hydrogen-bond donors (Lipinski definition) is 2. The lowest BCUT2D eigenvalue weighted by atomic mass is 10.1. The minimum Gasteiger partial charge on any atom is -0.484 e. The molecule has 1 heterocycles. The van der Waals surface area contributed by atoms with Gasteiger partial charge in [-0.1, -0.05) is 19.4 Å². The highest BCUT2D eigenvalue weighted by molar-refractivity contribution is 5.79. The third kappa shape index (κ3) is 4.12. The fourth-order valence-corrected chi connectivity index (χ4v) is 2.54. The maximum Gasteiger partial charge on any atom is 0.442 e. The van der Waals surface area contributed by atoms with Gasteiger partial charge in [-0.3, -0.25) is 10.2 Å². The molecule has 26 heavy (non-hydrogen) atoms. The summed E-state index contributed by atoms with van der Waals surface area (Å²) in [6, 6.07) is 5.12. The predicted octanol–water partition coefficient (Wildman–Crippen LogP) is 3.35. The lowest BCUT2D eigenvalue weighted by Crippen LogP contribution is -2.61. The Kier molecular flexibility index (Phi) is 5.85. The third-order valence-corrected chi connectivity index (χ3v) is 4.28. The number of benzene rings is 1. The molecule has 0 radical (unpaired) electrons. The van der Waals surface area contributed by atoms with Gasteiger partial charge in [0.1, 0.15) is 5.75 Å². The molecule has 1 aliphatic rings. The molecule has 0 spiro atoms. The summed E-state index contributed by atoms with van der Waals surface area (Å²) in [5, 5.41) is 10.3. The van der Waals surface area contributed by atoms with Crippen LogP contribution in [0.2, 0.25) is 0 Å². The Morgan fingerprint density at radius 1 is 1.31 bits per heavy atom. The summed E-state index contributed by atoms with van der Waals surface area (Å²) in [6.07, 6.45) is -2.68. The summed E-state index contributed by atoms with van der Waals surface area (Å²) >= 11 is 0. The van der Waals surface area contributed by atoms with E-state index in [-0.39, 0.29) is 10.7 Å². The standard InChI is InChI=1S/C18H23F3N2O3/c1-4-5-6-14-10-17(25,18(19,20)21)23(22-14)16(24)11-26-15-8-7-12(2)13(3)9-15/h7-10,22,25H,4-6,11H2,1-3H3/t17-/m1/s1. The van der Waals surface area contributed by atoms with Crippen molar-refractivity contribution in [3.63, 3.8) is 0 Å². The molecule has 0 fully saturated rings. The van der Waals surface area contributed by atoms with E-state index < -0.39 is 24.4 Å². The number of unbranched alkanes of at least 4 members (excludes halogenated alkanes) is 1. The van der Waals surface area contributed by atoms with E-state index in [1.165, 1.54) is 0 Å². The first kappa shape index (κ1) is 20.1. The number of hydrazine groups is 1. The number of allylic oxidation sites excluding steroid dienone is 1. The molecular formula is C18H23F3N2O3. The molecule has 0 bridgehead atoms. The lowest BCUT2D eigenvalue weighted by molar-refractivity contribution is -0.289. The average Bonchev–Trinajstić information content (AvgIpc) is 2.92. The zero-order chi connectivity index (χ0) is 19.5. The maximum absolute atomic E-state index is 13.3. The van der Waals surface area contributed by atoms with Crippen LogP contribution in [0, 0.1) is 13.8 Å². The second-order valence-corrected chi connectivity index (χ2v) is 6.37. The SMILES string of the molecule is CCCCC1=C[C@@](O)(C(F)(F)F)N(C(=O)COc2ccc(C)c(C)c2)N1. The molecule has 0 saturated carbocycles. The molecule has 1 amide bonds. The van der Waals surface area contributed by atoms with Crippen LogP contribution in [0.15, 0.2) is 30.0 Å². The number of nitrogens with one attached hydrogen (secondary N) is 1. The van der Waals surface area contributed by atoms with E-state index >= 15 is 0 Å². The molecule has 1 aliphatic heterocycles. The molecule has 0 aromatic heterocycles. The van der Waals surface area contributed by atoms with Gasteiger partial charge in [-0.15, -0.1) is 0 Å². The second kappa shape index (κ2) is 7.57. The van der Waals surface area contributed by atoms with Gasteiger partial charge in [-0.25, -0.2) is 5.01 Å². The molecule has 5 nitrogen and oxygen atoms in total. The molecule has 1 atom stereocenters. The van der Waals surface area contributed by atoms with Crippen molar-refractivity contribution in [2.24, 2.45) is 0 Å². The number of nitrogens with zero attached hydrogens (tertiary/aromatic N) is 1. The summed E-state index contributed by atoms with van der Waals surface area (Å²) in [6.45, 7) is 5.03. The minimum absolute atomic E-state index is 0.159. The Balaban J connectivity index is 2.11. The summed E-state index contributed by atoms with van der Waals surface area (Å²) in [5.74, 6) is -0.652. The van der Waals surface area contributed by atoms with Crippen molar-refractivity contribution in [3.05, 3.63) is 41.1 Å². The fourth-order valence-electron chi connectivity index (χ4n) is 2.54. The van der Waals surface area contributed by atoms with Gasteiger partial charge in [0.15, 0.2) is 6.61 Å². The van der Waals surface area contributed by atoms with E-state index in [2.05, 4.69) is 5.43 Å². The molecule has 1 aromatic rings. The van der Waals surface area contributed by atoms with Gasteiger partial charge in [0.05, 0.1) is 0 Å². The number of aliphatic hydroxyl groups is 1. The van der Waals surface area contributed by atoms with Crippen LogP contribution < -0.4 is 10.2 Å². The topological polar surface area (TPSA) is 61.8 Å². The molecule has 0 aliphatic carbocycles. The zero-order valence-corrected chi connectivity index (χ0v) is 15.0. The Morgan fingerprint density at radius 2 is 2.00 bits per heavy atom. The van der Waals surface area contributed by atoms with Gasteiger partial charge < -0.3 is 9.84 Å². The first-order valence-electron chi connectivity index (χ1n) is 8.39. The van der Waals surface area contributed by atoms with Gasteiger partial charge in [-0.05, 0) is 56.0 Å². The van der Waals surface area contributed by atoms with Gasteiger partial charge in [0, 0.05) is 5.70 Å². The van der Waals surface area contributed by atoms with Crippen LogP contribution in [0.25, 0.3) is 0 Å². The van der Waals surface area contributed by atoms with Crippen LogP contribution in [-0.2, 0) is 4.79 Å². The van der Waals surface area contributed by atoms with Crippen molar-refractivity contribution < 1.29 is 27.8 Å². The third-order valence-electron chi connectivity index (χ3n) is 4.28. The molecular weight excluding hydrogens is 349 g/mol. The summed E-state index contributed by atoms with van der Waals surface area (Å²) in [7, 11) is 0. The van der Waals surface area contributed by atoms with Crippen molar-refractivity contribution in [2.45, 2.75) is 51.9 Å². The number of carbonyl (C=O) groups excluding carboxylic acids is 1. The Labute approximate surface area is 150 Å². The smallest absolute Gasteiger partial charge is 0.442 e. The number of amides is 1. The molecule has 2 N–H and O–H groups in total. The first-order valence-corrected chi connectivity index (χ1v) is 8.39. The van der Waals surface area contributed by atoms with E-state index in [1.54, 1.807) is 18.2 Å². The highest BCUT2D eigenvalue weighted by Crippen LogP contribution is 2.38. The van der Waals surface area contributed by atoms with Crippen molar-refractivity contribution >= 4 is 5.91 Å². The molecule has 0 saturated heterocycles. The lowest BCUT2D eigenvalue weighted by Gasteiger charge is -2.33. The highest BCUT2D eigenvalue weighted by atomic mass is 19.4. The summed E-state index contributed by atoms with van der Waals surface area (Å²) in [5.41, 5.74) is 1.11. The van der Waals surface area contributed by atoms with E-state index in [1.807, 2.05) is 20.8 Å². The van der Waals surface area contributed by atoms with E-state index in [0.717, 1.165) is 17.5 Å². The van der Waals surface area contributed by atoms with Crippen molar-refractivity contribution in [1.82, 2.24) is 10.4 Å². The van der Waals surface area contributed by atoms with Gasteiger partial charge in [0.25, 0.3) is 11.6 Å². The second-order valence-electron chi connectivity index (χ2n) is 6.37. The predicted molar refractivity (Wildman–Crippen MR) is 90.0 cm³/mol. The van der Waals surface area contributed by atoms with Crippen LogP contribution in [0.1, 0.15) is 37.3 Å². The minimum atomic E-state index is -5.04. The van der Waals surface area contributed by atoms with Crippen LogP contribution >= 0.6 is 0 Å². The number of halogens is 3. The largest absolute Gasteiger partial charge is 0.484 e. The Morgan fingerprint density at radius 3 is 2.58 bits per heavy atom. The van der Waals surface area contributed by atoms with Crippen molar-refractivity contribution in [2.75, 3.05) is 6.61 Å². The molecule has 0 unspecified atom stereocenters. The van der Waals surface area contributed by atoms with Crippen molar-refractivity contribution in [3.8, 4) is 5.75 Å². The van der Waals surface area contributed by atoms with Gasteiger partial charge in [-0.2, -0.15) is 13.2 Å². The quantitative estimate of drug-likeness (QED) is 0.804. The Hall–Kier alpha value is -2.22. The van der Waals surface area contributed by atoms with E-state index in [4.69, 9.17) is 4.74 Å². The monoisotopic (exact) mass is 372 g/mol. The first-order chi connectivity index (χ1) is 12.1. The van der Waals surface area contributed by atoms with Gasteiger partial charge in [0.2, 0.25) is 0 Å². The normalized spacial score (nSPS) is 20.0. The van der Waals surface area contributed by atoms with Crippen LogP contribution in [0.4, 0.5) is 13.2 Å². The van der Waals surface area contributed by atoms with Crippen LogP contribution in [-0.4, -0.2) is 34.5 Å². The zero-order valence-electron chi connectivity index (χ0n) is 15.0.